The van der Waals surface area contributed by atoms with Gasteiger partial charge in [0, 0.05) is 5.39 Å². The molecule has 96 valence electrons. The van der Waals surface area contributed by atoms with Crippen molar-refractivity contribution >= 4 is 22.6 Å². The second kappa shape index (κ2) is 4.60. The SMILES string of the molecule is CCNC(c1cc2c(C)ccc(Cl)c2o1)C1CC1. The minimum Gasteiger partial charge on any atom is -0.458 e. The Morgan fingerprint density at radius 2 is 2.22 bits per heavy atom. The highest BCUT2D eigenvalue weighted by Gasteiger charge is 2.34. The van der Waals surface area contributed by atoms with Gasteiger partial charge in [0.1, 0.15) is 5.76 Å². The molecule has 1 aromatic heterocycles. The Morgan fingerprint density at radius 3 is 2.83 bits per heavy atom. The van der Waals surface area contributed by atoms with Crippen LogP contribution in [0.25, 0.3) is 11.0 Å². The van der Waals surface area contributed by atoms with Gasteiger partial charge in [0.05, 0.1) is 11.1 Å². The van der Waals surface area contributed by atoms with Crippen molar-refractivity contribution in [3.8, 4) is 0 Å². The number of hydrogen-bond donors (Lipinski definition) is 1. The summed E-state index contributed by atoms with van der Waals surface area (Å²) in [5.41, 5.74) is 2.05. The predicted octanol–water partition coefficient (Wildman–Crippen LogP) is 4.46. The standard InChI is InChI=1S/C15H18ClNO/c1-3-17-14(10-5-6-10)13-8-11-9(2)4-7-12(16)15(11)18-13/h4,7-8,10,14,17H,3,5-6H2,1-2H3. The van der Waals surface area contributed by atoms with E-state index in [4.69, 9.17) is 16.0 Å². The average Bonchev–Trinajstić information content (AvgIpc) is 3.09. The summed E-state index contributed by atoms with van der Waals surface area (Å²) < 4.78 is 6.00. The lowest BCUT2D eigenvalue weighted by molar-refractivity contribution is 0.403. The normalized spacial score (nSPS) is 17.3. The molecule has 1 saturated carbocycles. The third-order valence-electron chi connectivity index (χ3n) is 3.70. The van der Waals surface area contributed by atoms with Crippen LogP contribution in [0, 0.1) is 12.8 Å². The van der Waals surface area contributed by atoms with Gasteiger partial charge in [-0.1, -0.05) is 24.6 Å². The molecule has 0 radical (unpaired) electrons. The Kier molecular flexibility index (Phi) is 3.08. The van der Waals surface area contributed by atoms with Crippen molar-refractivity contribution in [2.45, 2.75) is 32.7 Å². The lowest BCUT2D eigenvalue weighted by Crippen LogP contribution is -2.21. The first-order valence-corrected chi connectivity index (χ1v) is 7.00. The van der Waals surface area contributed by atoms with Crippen molar-refractivity contribution in [2.75, 3.05) is 6.54 Å². The number of benzene rings is 1. The molecular weight excluding hydrogens is 246 g/mol. The largest absolute Gasteiger partial charge is 0.458 e. The monoisotopic (exact) mass is 263 g/mol. The van der Waals surface area contributed by atoms with E-state index in [9.17, 15) is 0 Å². The molecule has 18 heavy (non-hydrogen) atoms. The Labute approximate surface area is 112 Å². The van der Waals surface area contributed by atoms with Crippen LogP contribution in [-0.2, 0) is 0 Å². The van der Waals surface area contributed by atoms with E-state index < -0.39 is 0 Å². The van der Waals surface area contributed by atoms with Crippen LogP contribution in [0.5, 0.6) is 0 Å². The van der Waals surface area contributed by atoms with Crippen molar-refractivity contribution in [3.63, 3.8) is 0 Å². The quantitative estimate of drug-likeness (QED) is 0.881. The van der Waals surface area contributed by atoms with Crippen molar-refractivity contribution in [1.29, 1.82) is 0 Å². The van der Waals surface area contributed by atoms with Crippen LogP contribution in [-0.4, -0.2) is 6.54 Å². The fourth-order valence-electron chi connectivity index (χ4n) is 2.55. The molecule has 2 nitrogen and oxygen atoms in total. The van der Waals surface area contributed by atoms with Gasteiger partial charge in [-0.15, -0.1) is 0 Å². The van der Waals surface area contributed by atoms with E-state index in [-0.39, 0.29) is 0 Å². The molecule has 1 aliphatic carbocycles. The maximum absolute atomic E-state index is 6.21. The van der Waals surface area contributed by atoms with Gasteiger partial charge >= 0.3 is 0 Å². The zero-order valence-corrected chi connectivity index (χ0v) is 11.6. The maximum Gasteiger partial charge on any atom is 0.153 e. The molecule has 0 amide bonds. The first-order valence-electron chi connectivity index (χ1n) is 6.62. The summed E-state index contributed by atoms with van der Waals surface area (Å²) in [6.45, 7) is 5.19. The van der Waals surface area contributed by atoms with Crippen molar-refractivity contribution in [1.82, 2.24) is 5.32 Å². The molecule has 1 N–H and O–H groups in total. The number of halogens is 1. The third kappa shape index (κ3) is 2.04. The average molecular weight is 264 g/mol. The predicted molar refractivity (Wildman–Crippen MR) is 75.1 cm³/mol. The van der Waals surface area contributed by atoms with Gasteiger partial charge in [0.15, 0.2) is 5.58 Å². The summed E-state index contributed by atoms with van der Waals surface area (Å²) in [5, 5.41) is 5.37. The summed E-state index contributed by atoms with van der Waals surface area (Å²) in [6, 6.07) is 6.45. The molecular formula is C15H18ClNO. The first-order chi connectivity index (χ1) is 8.70. The zero-order valence-electron chi connectivity index (χ0n) is 10.8. The topological polar surface area (TPSA) is 25.2 Å². The molecule has 1 heterocycles. The van der Waals surface area contributed by atoms with Crippen LogP contribution >= 0.6 is 11.6 Å². The molecule has 3 heteroatoms. The molecule has 1 fully saturated rings. The number of fused-ring (bicyclic) bond motifs is 1. The molecule has 0 aliphatic heterocycles. The second-order valence-electron chi connectivity index (χ2n) is 5.13. The van der Waals surface area contributed by atoms with Crippen LogP contribution in [0.4, 0.5) is 0 Å². The van der Waals surface area contributed by atoms with Crippen LogP contribution < -0.4 is 5.32 Å². The highest BCUT2D eigenvalue weighted by atomic mass is 35.5. The first kappa shape index (κ1) is 12.1. The van der Waals surface area contributed by atoms with Gasteiger partial charge in [-0.05, 0) is 49.9 Å². The molecule has 0 spiro atoms. The fourth-order valence-corrected chi connectivity index (χ4v) is 2.75. The summed E-state index contributed by atoms with van der Waals surface area (Å²) >= 11 is 6.21. The fraction of sp³-hybridized carbons (Fsp3) is 0.467. The Bertz CT molecular complexity index is 532. The number of aryl methyl sites for hydroxylation is 1. The maximum atomic E-state index is 6.21. The number of nitrogens with one attached hydrogen (secondary N) is 1. The van der Waals surface area contributed by atoms with E-state index in [0.717, 1.165) is 29.2 Å². The van der Waals surface area contributed by atoms with E-state index >= 15 is 0 Å². The zero-order chi connectivity index (χ0) is 12.7. The van der Waals surface area contributed by atoms with Crippen molar-refractivity contribution in [2.24, 2.45) is 5.92 Å². The second-order valence-corrected chi connectivity index (χ2v) is 5.54. The number of rotatable bonds is 4. The summed E-state index contributed by atoms with van der Waals surface area (Å²) in [5.74, 6) is 1.76. The van der Waals surface area contributed by atoms with Gasteiger partial charge in [0.25, 0.3) is 0 Å². The Hall–Kier alpha value is -0.990. The van der Waals surface area contributed by atoms with E-state index in [2.05, 4.69) is 25.2 Å². The van der Waals surface area contributed by atoms with Crippen molar-refractivity contribution < 1.29 is 4.42 Å². The van der Waals surface area contributed by atoms with E-state index in [1.807, 2.05) is 12.1 Å². The molecule has 1 atom stereocenters. The van der Waals surface area contributed by atoms with Gasteiger partial charge in [-0.2, -0.15) is 0 Å². The smallest absolute Gasteiger partial charge is 0.153 e. The van der Waals surface area contributed by atoms with Gasteiger partial charge in [-0.25, -0.2) is 0 Å². The van der Waals surface area contributed by atoms with E-state index in [1.54, 1.807) is 0 Å². The number of furan rings is 1. The number of hydrogen-bond acceptors (Lipinski definition) is 2. The van der Waals surface area contributed by atoms with Gasteiger partial charge in [-0.3, -0.25) is 0 Å². The van der Waals surface area contributed by atoms with Crippen LogP contribution in [0.1, 0.15) is 37.1 Å². The minimum absolute atomic E-state index is 0.345. The lowest BCUT2D eigenvalue weighted by atomic mass is 10.1. The molecule has 1 aliphatic rings. The van der Waals surface area contributed by atoms with Crippen LogP contribution in [0.2, 0.25) is 5.02 Å². The lowest BCUT2D eigenvalue weighted by Gasteiger charge is -2.13. The molecule has 1 unspecified atom stereocenters. The molecule has 1 aromatic carbocycles. The minimum atomic E-state index is 0.345. The van der Waals surface area contributed by atoms with E-state index in [0.29, 0.717) is 11.1 Å². The van der Waals surface area contributed by atoms with E-state index in [1.165, 1.54) is 18.4 Å². The Morgan fingerprint density at radius 1 is 1.44 bits per heavy atom. The molecule has 0 saturated heterocycles. The summed E-state index contributed by atoms with van der Waals surface area (Å²) in [6.07, 6.45) is 2.59. The van der Waals surface area contributed by atoms with Crippen molar-refractivity contribution in [3.05, 3.63) is 34.5 Å². The summed E-state index contributed by atoms with van der Waals surface area (Å²) in [4.78, 5) is 0. The Balaban J connectivity index is 2.06. The third-order valence-corrected chi connectivity index (χ3v) is 3.99. The van der Waals surface area contributed by atoms with Crippen LogP contribution in [0.3, 0.4) is 0 Å². The summed E-state index contributed by atoms with van der Waals surface area (Å²) in [7, 11) is 0. The van der Waals surface area contributed by atoms with Gasteiger partial charge < -0.3 is 9.73 Å². The highest BCUT2D eigenvalue weighted by molar-refractivity contribution is 6.34. The molecule has 2 aromatic rings. The molecule has 0 bridgehead atoms. The van der Waals surface area contributed by atoms with Gasteiger partial charge in [0.2, 0.25) is 0 Å². The molecule has 3 rings (SSSR count). The van der Waals surface area contributed by atoms with Crippen LogP contribution in [0.15, 0.2) is 22.6 Å². The highest BCUT2D eigenvalue weighted by Crippen LogP contribution is 2.43.